The number of para-hydroxylation sites is 1. The van der Waals surface area contributed by atoms with E-state index in [0.29, 0.717) is 25.4 Å². The van der Waals surface area contributed by atoms with Gasteiger partial charge in [0, 0.05) is 24.8 Å². The molecule has 1 saturated heterocycles. The van der Waals surface area contributed by atoms with Crippen LogP contribution in [0.5, 0.6) is 0 Å². The molecule has 25 heavy (non-hydrogen) atoms. The summed E-state index contributed by atoms with van der Waals surface area (Å²) >= 11 is 0. The Hall–Kier alpha value is -1.60. The molecule has 2 amide bonds. The van der Waals surface area contributed by atoms with Crippen molar-refractivity contribution in [3.63, 3.8) is 0 Å². The van der Waals surface area contributed by atoms with Crippen molar-refractivity contribution in [2.45, 2.75) is 50.5 Å². The van der Waals surface area contributed by atoms with E-state index >= 15 is 0 Å². The van der Waals surface area contributed by atoms with Crippen molar-refractivity contribution in [1.82, 2.24) is 9.62 Å². The van der Waals surface area contributed by atoms with Crippen molar-refractivity contribution in [1.29, 1.82) is 0 Å². The Balaban J connectivity index is 1.49. The van der Waals surface area contributed by atoms with Crippen LogP contribution in [0.2, 0.25) is 0 Å². The van der Waals surface area contributed by atoms with Gasteiger partial charge < -0.3 is 10.6 Å². The van der Waals surface area contributed by atoms with Gasteiger partial charge in [-0.3, -0.25) is 0 Å². The van der Waals surface area contributed by atoms with E-state index in [1.165, 1.54) is 24.7 Å². The highest BCUT2D eigenvalue weighted by Crippen LogP contribution is 2.43. The van der Waals surface area contributed by atoms with Crippen LogP contribution in [-0.4, -0.2) is 44.1 Å². The summed E-state index contributed by atoms with van der Waals surface area (Å²) in [6, 6.07) is 7.68. The minimum Gasteiger partial charge on any atom is -0.338 e. The molecule has 0 unspecified atom stereocenters. The maximum Gasteiger partial charge on any atom is 0.319 e. The van der Waals surface area contributed by atoms with Crippen molar-refractivity contribution >= 4 is 21.7 Å². The molecule has 6 nitrogen and oxygen atoms in total. The molecule has 2 N–H and O–H groups in total. The number of nitrogens with zero attached hydrogens (tertiary/aromatic N) is 1. The molecular weight excluding hydrogens is 338 g/mol. The highest BCUT2D eigenvalue weighted by Gasteiger charge is 2.29. The van der Waals surface area contributed by atoms with E-state index in [4.69, 9.17) is 0 Å². The average molecular weight is 365 g/mol. The Bertz CT molecular complexity index is 716. The number of sulfonamides is 1. The largest absolute Gasteiger partial charge is 0.338 e. The number of hydrogen-bond donors (Lipinski definition) is 2. The van der Waals surface area contributed by atoms with Gasteiger partial charge in [-0.25, -0.2) is 13.2 Å². The first-order valence-electron chi connectivity index (χ1n) is 9.06. The summed E-state index contributed by atoms with van der Waals surface area (Å²) in [6.45, 7) is 1.05. The fraction of sp³-hybridized carbons (Fsp3) is 0.611. The molecule has 0 radical (unpaired) electrons. The molecule has 1 aliphatic carbocycles. The number of amides is 2. The van der Waals surface area contributed by atoms with Crippen molar-refractivity contribution < 1.29 is 13.2 Å². The highest BCUT2D eigenvalue weighted by molar-refractivity contribution is 7.88. The lowest BCUT2D eigenvalue weighted by Crippen LogP contribution is -2.44. The van der Waals surface area contributed by atoms with Gasteiger partial charge in [0.15, 0.2) is 0 Å². The number of nitrogens with one attached hydrogen (secondary N) is 2. The number of carbonyl (C=O) groups excluding carboxylic acids is 1. The van der Waals surface area contributed by atoms with E-state index in [1.54, 1.807) is 4.31 Å². The van der Waals surface area contributed by atoms with Crippen LogP contribution in [0.4, 0.5) is 10.5 Å². The second-order valence-electron chi connectivity index (χ2n) is 7.05. The Morgan fingerprint density at radius 2 is 1.96 bits per heavy atom. The van der Waals surface area contributed by atoms with Crippen LogP contribution in [0.1, 0.15) is 50.0 Å². The van der Waals surface area contributed by atoms with Crippen LogP contribution in [0.15, 0.2) is 24.3 Å². The lowest BCUT2D eigenvalue weighted by molar-refractivity contribution is 0.235. The van der Waals surface area contributed by atoms with Crippen molar-refractivity contribution in [2.24, 2.45) is 0 Å². The Labute approximate surface area is 150 Å². The SMILES string of the molecule is CS(=O)(=O)N1CCCC[C@@H]1CCNC(=O)Nc1ccccc1C1CC1. The number of anilines is 1. The second kappa shape index (κ2) is 7.74. The van der Waals surface area contributed by atoms with Crippen molar-refractivity contribution in [3.05, 3.63) is 29.8 Å². The average Bonchev–Trinajstić information content (AvgIpc) is 3.40. The van der Waals surface area contributed by atoms with E-state index in [0.717, 1.165) is 24.9 Å². The number of rotatable bonds is 6. The van der Waals surface area contributed by atoms with Gasteiger partial charge in [-0.2, -0.15) is 4.31 Å². The molecule has 1 saturated carbocycles. The normalized spacial score (nSPS) is 21.7. The van der Waals surface area contributed by atoms with Gasteiger partial charge in [-0.1, -0.05) is 24.6 Å². The third-order valence-corrected chi connectivity index (χ3v) is 6.32. The van der Waals surface area contributed by atoms with Crippen LogP contribution in [0, 0.1) is 0 Å². The fourth-order valence-corrected chi connectivity index (χ4v) is 4.79. The molecule has 2 fully saturated rings. The summed E-state index contributed by atoms with van der Waals surface area (Å²) in [5, 5.41) is 5.79. The molecule has 0 spiro atoms. The third-order valence-electron chi connectivity index (χ3n) is 4.99. The van der Waals surface area contributed by atoms with Crippen LogP contribution in [0.3, 0.4) is 0 Å². The summed E-state index contributed by atoms with van der Waals surface area (Å²) in [5.41, 5.74) is 2.08. The number of benzene rings is 1. The summed E-state index contributed by atoms with van der Waals surface area (Å²) in [5.74, 6) is 0.571. The lowest BCUT2D eigenvalue weighted by Gasteiger charge is -2.33. The van der Waals surface area contributed by atoms with Gasteiger partial charge in [-0.15, -0.1) is 0 Å². The zero-order chi connectivity index (χ0) is 17.9. The van der Waals surface area contributed by atoms with E-state index < -0.39 is 10.0 Å². The van der Waals surface area contributed by atoms with Gasteiger partial charge >= 0.3 is 6.03 Å². The van der Waals surface area contributed by atoms with Gasteiger partial charge in [0.25, 0.3) is 0 Å². The van der Waals surface area contributed by atoms with Crippen LogP contribution < -0.4 is 10.6 Å². The number of piperidine rings is 1. The quantitative estimate of drug-likeness (QED) is 0.814. The fourth-order valence-electron chi connectivity index (χ4n) is 3.58. The topological polar surface area (TPSA) is 78.5 Å². The minimum absolute atomic E-state index is 0.0113. The molecule has 138 valence electrons. The van der Waals surface area contributed by atoms with Crippen molar-refractivity contribution in [3.8, 4) is 0 Å². The van der Waals surface area contributed by atoms with E-state index in [1.807, 2.05) is 18.2 Å². The predicted molar refractivity (Wildman–Crippen MR) is 99.2 cm³/mol. The minimum atomic E-state index is -3.18. The van der Waals surface area contributed by atoms with E-state index in [-0.39, 0.29) is 12.1 Å². The highest BCUT2D eigenvalue weighted by atomic mass is 32.2. The molecule has 1 heterocycles. The summed E-state index contributed by atoms with van der Waals surface area (Å²) in [7, 11) is -3.18. The Kier molecular flexibility index (Phi) is 5.64. The van der Waals surface area contributed by atoms with Gasteiger partial charge in [0.2, 0.25) is 10.0 Å². The zero-order valence-electron chi connectivity index (χ0n) is 14.7. The smallest absolute Gasteiger partial charge is 0.319 e. The Morgan fingerprint density at radius 3 is 2.68 bits per heavy atom. The standard InChI is InChI=1S/C18H27N3O3S/c1-25(23,24)21-13-5-4-6-15(21)11-12-19-18(22)20-17-8-3-2-7-16(17)14-9-10-14/h2-3,7-8,14-15H,4-6,9-13H2,1H3,(H2,19,20,22)/t15-/m1/s1. The first-order valence-corrected chi connectivity index (χ1v) is 10.9. The summed E-state index contributed by atoms with van der Waals surface area (Å²) in [4.78, 5) is 12.2. The molecule has 0 bridgehead atoms. The van der Waals surface area contributed by atoms with E-state index in [9.17, 15) is 13.2 Å². The van der Waals surface area contributed by atoms with Gasteiger partial charge in [-0.05, 0) is 49.7 Å². The molecule has 1 atom stereocenters. The number of urea groups is 1. The van der Waals surface area contributed by atoms with Gasteiger partial charge in [0.05, 0.1) is 6.26 Å². The molecule has 1 aromatic carbocycles. The maximum atomic E-state index is 12.2. The first kappa shape index (κ1) is 18.2. The third kappa shape index (κ3) is 4.95. The van der Waals surface area contributed by atoms with Crippen LogP contribution in [-0.2, 0) is 10.0 Å². The molecule has 1 aliphatic heterocycles. The van der Waals surface area contributed by atoms with Crippen LogP contribution >= 0.6 is 0 Å². The summed E-state index contributed by atoms with van der Waals surface area (Å²) < 4.78 is 25.3. The predicted octanol–water partition coefficient (Wildman–Crippen LogP) is 2.89. The first-order chi connectivity index (χ1) is 11.9. The molecule has 0 aromatic heterocycles. The second-order valence-corrected chi connectivity index (χ2v) is 8.99. The maximum absolute atomic E-state index is 12.2. The summed E-state index contributed by atoms with van der Waals surface area (Å²) in [6.07, 6.45) is 7.09. The Morgan fingerprint density at radius 1 is 1.20 bits per heavy atom. The van der Waals surface area contributed by atoms with Crippen molar-refractivity contribution in [2.75, 3.05) is 24.7 Å². The zero-order valence-corrected chi connectivity index (χ0v) is 15.5. The molecule has 3 rings (SSSR count). The van der Waals surface area contributed by atoms with Gasteiger partial charge in [0.1, 0.15) is 0 Å². The van der Waals surface area contributed by atoms with E-state index in [2.05, 4.69) is 16.7 Å². The number of hydrogen-bond acceptors (Lipinski definition) is 3. The molecule has 7 heteroatoms. The molecular formula is C18H27N3O3S. The van der Waals surface area contributed by atoms with Crippen LogP contribution in [0.25, 0.3) is 0 Å². The molecule has 2 aliphatic rings. The molecule has 1 aromatic rings. The monoisotopic (exact) mass is 365 g/mol. The lowest BCUT2D eigenvalue weighted by atomic mass is 10.0. The number of carbonyl (C=O) groups is 1.